The molecule has 0 N–H and O–H groups in total. The summed E-state index contributed by atoms with van der Waals surface area (Å²) in [7, 11) is 0. The molecule has 23 heavy (non-hydrogen) atoms. The van der Waals surface area contributed by atoms with E-state index in [1.54, 1.807) is 43.3 Å². The topological polar surface area (TPSA) is 46.6 Å². The van der Waals surface area contributed by atoms with E-state index in [-0.39, 0.29) is 24.1 Å². The Balaban J connectivity index is 2.08. The maximum Gasteiger partial charge on any atom is 0.268 e. The number of nitrogens with zero attached hydrogens (tertiary/aromatic N) is 1. The summed E-state index contributed by atoms with van der Waals surface area (Å²) in [6.45, 7) is 3.16. The van der Waals surface area contributed by atoms with Gasteiger partial charge in [0.25, 0.3) is 5.91 Å². The molecule has 118 valence electrons. The molecule has 1 aliphatic heterocycles. The minimum absolute atomic E-state index is 0.0908. The van der Waals surface area contributed by atoms with Crippen LogP contribution in [0.25, 0.3) is 0 Å². The van der Waals surface area contributed by atoms with Crippen LogP contribution >= 0.6 is 0 Å². The molecule has 1 aliphatic rings. The monoisotopic (exact) mass is 313 g/mol. The number of carbonyl (C=O) groups is 2. The maximum atomic E-state index is 13.9. The molecule has 0 spiro atoms. The van der Waals surface area contributed by atoms with Crippen molar-refractivity contribution in [1.82, 2.24) is 0 Å². The summed E-state index contributed by atoms with van der Waals surface area (Å²) in [5.74, 6) is -0.400. The number of para-hydroxylation sites is 1. The lowest BCUT2D eigenvalue weighted by atomic mass is 10.1. The number of carbonyl (C=O) groups excluding carboxylic acids is 2. The zero-order chi connectivity index (χ0) is 16.6. The highest BCUT2D eigenvalue weighted by molar-refractivity contribution is 6.05. The maximum absolute atomic E-state index is 13.9. The van der Waals surface area contributed by atoms with Crippen LogP contribution in [0.5, 0.6) is 5.75 Å². The summed E-state index contributed by atoms with van der Waals surface area (Å²) >= 11 is 0. The second kappa shape index (κ2) is 5.83. The zero-order valence-electron chi connectivity index (χ0n) is 12.9. The molecule has 1 heterocycles. The first-order chi connectivity index (χ1) is 11.0. The van der Waals surface area contributed by atoms with E-state index in [1.165, 1.54) is 17.9 Å². The average Bonchev–Trinajstić information content (AvgIpc) is 2.53. The van der Waals surface area contributed by atoms with Gasteiger partial charge in [-0.3, -0.25) is 9.59 Å². The van der Waals surface area contributed by atoms with Crippen molar-refractivity contribution in [1.29, 1.82) is 0 Å². The molecular weight excluding hydrogens is 297 g/mol. The molecular formula is C18H16FNO3. The largest absolute Gasteiger partial charge is 0.478 e. The van der Waals surface area contributed by atoms with Gasteiger partial charge in [-0.1, -0.05) is 24.3 Å². The number of amides is 1. The normalized spacial score (nSPS) is 16.7. The van der Waals surface area contributed by atoms with E-state index in [9.17, 15) is 14.0 Å². The predicted molar refractivity (Wildman–Crippen MR) is 84.1 cm³/mol. The van der Waals surface area contributed by atoms with Gasteiger partial charge in [-0.2, -0.15) is 0 Å². The van der Waals surface area contributed by atoms with E-state index in [1.807, 2.05) is 0 Å². The van der Waals surface area contributed by atoms with Gasteiger partial charge >= 0.3 is 0 Å². The van der Waals surface area contributed by atoms with E-state index in [4.69, 9.17) is 4.74 Å². The van der Waals surface area contributed by atoms with Crippen LogP contribution in [0.15, 0.2) is 42.5 Å². The summed E-state index contributed by atoms with van der Waals surface area (Å²) in [4.78, 5) is 25.7. The molecule has 0 saturated heterocycles. The molecule has 0 aliphatic carbocycles. The van der Waals surface area contributed by atoms with Crippen LogP contribution in [0.2, 0.25) is 0 Å². The summed E-state index contributed by atoms with van der Waals surface area (Å²) in [5, 5.41) is 0. The predicted octanol–water partition coefficient (Wildman–Crippen LogP) is 3.34. The van der Waals surface area contributed by atoms with Crippen LogP contribution in [0.4, 0.5) is 10.1 Å². The first kappa shape index (κ1) is 15.2. The van der Waals surface area contributed by atoms with Crippen molar-refractivity contribution in [2.45, 2.75) is 26.5 Å². The molecule has 0 fully saturated rings. The number of fused-ring (bicyclic) bond motifs is 1. The average molecular weight is 313 g/mol. The molecule has 1 atom stereocenters. The molecule has 0 aromatic heterocycles. The molecule has 0 radical (unpaired) electrons. The molecule has 4 nitrogen and oxygen atoms in total. The Kier molecular flexibility index (Phi) is 3.86. The number of hydrogen-bond donors (Lipinski definition) is 0. The van der Waals surface area contributed by atoms with Crippen LogP contribution in [0.1, 0.15) is 29.8 Å². The van der Waals surface area contributed by atoms with E-state index < -0.39 is 6.10 Å². The zero-order valence-corrected chi connectivity index (χ0v) is 12.9. The second-order valence-corrected chi connectivity index (χ2v) is 5.49. The summed E-state index contributed by atoms with van der Waals surface area (Å²) < 4.78 is 19.6. The number of benzene rings is 2. The Morgan fingerprint density at radius 3 is 2.65 bits per heavy atom. The molecule has 1 unspecified atom stereocenters. The minimum atomic E-state index is -0.727. The Labute approximate surface area is 133 Å². The Hall–Kier alpha value is -2.69. The van der Waals surface area contributed by atoms with Gasteiger partial charge < -0.3 is 9.64 Å². The van der Waals surface area contributed by atoms with E-state index in [0.29, 0.717) is 22.6 Å². The SMILES string of the molecule is CC(=O)c1cccc2c1OC(C)C(=O)N2Cc1ccccc1F. The molecule has 3 rings (SSSR count). The van der Waals surface area contributed by atoms with Crippen LogP contribution in [-0.4, -0.2) is 17.8 Å². The number of ether oxygens (including phenoxy) is 1. The fourth-order valence-corrected chi connectivity index (χ4v) is 2.66. The molecule has 1 amide bonds. The van der Waals surface area contributed by atoms with Gasteiger partial charge in [-0.15, -0.1) is 0 Å². The van der Waals surface area contributed by atoms with Gasteiger partial charge in [0.1, 0.15) is 5.82 Å². The first-order valence-corrected chi connectivity index (χ1v) is 7.34. The lowest BCUT2D eigenvalue weighted by molar-refractivity contribution is -0.125. The van der Waals surface area contributed by atoms with E-state index in [0.717, 1.165) is 0 Å². The Morgan fingerprint density at radius 2 is 1.96 bits per heavy atom. The molecule has 2 aromatic carbocycles. The molecule has 0 saturated carbocycles. The lowest BCUT2D eigenvalue weighted by Gasteiger charge is -2.34. The van der Waals surface area contributed by atoms with Gasteiger partial charge in [0.2, 0.25) is 0 Å². The van der Waals surface area contributed by atoms with Gasteiger partial charge in [0.05, 0.1) is 17.8 Å². The van der Waals surface area contributed by atoms with Crippen molar-refractivity contribution in [2.75, 3.05) is 4.90 Å². The fraction of sp³-hybridized carbons (Fsp3) is 0.222. The summed E-state index contributed by atoms with van der Waals surface area (Å²) in [5.41, 5.74) is 1.32. The second-order valence-electron chi connectivity index (χ2n) is 5.49. The van der Waals surface area contributed by atoms with E-state index >= 15 is 0 Å². The van der Waals surface area contributed by atoms with Crippen molar-refractivity contribution in [3.63, 3.8) is 0 Å². The van der Waals surface area contributed by atoms with Crippen molar-refractivity contribution in [3.8, 4) is 5.75 Å². The molecule has 0 bridgehead atoms. The van der Waals surface area contributed by atoms with Crippen LogP contribution in [-0.2, 0) is 11.3 Å². The number of halogens is 1. The third-order valence-electron chi connectivity index (χ3n) is 3.86. The summed E-state index contributed by atoms with van der Waals surface area (Å²) in [6, 6.07) is 11.4. The number of hydrogen-bond acceptors (Lipinski definition) is 3. The van der Waals surface area contributed by atoms with Crippen LogP contribution in [0.3, 0.4) is 0 Å². The number of Topliss-reactive ketones (excluding diaryl/α,β-unsaturated/α-hetero) is 1. The van der Waals surface area contributed by atoms with Crippen molar-refractivity contribution >= 4 is 17.4 Å². The van der Waals surface area contributed by atoms with Crippen molar-refractivity contribution in [3.05, 3.63) is 59.4 Å². The van der Waals surface area contributed by atoms with Crippen molar-refractivity contribution < 1.29 is 18.7 Å². The van der Waals surface area contributed by atoms with Gasteiger partial charge in [-0.25, -0.2) is 4.39 Å². The third-order valence-corrected chi connectivity index (χ3v) is 3.86. The number of ketones is 1. The first-order valence-electron chi connectivity index (χ1n) is 7.34. The number of anilines is 1. The molecule has 5 heteroatoms. The highest BCUT2D eigenvalue weighted by Crippen LogP contribution is 2.38. The minimum Gasteiger partial charge on any atom is -0.478 e. The summed E-state index contributed by atoms with van der Waals surface area (Å²) in [6.07, 6.45) is -0.727. The highest BCUT2D eigenvalue weighted by atomic mass is 19.1. The quantitative estimate of drug-likeness (QED) is 0.817. The molecule has 2 aromatic rings. The highest BCUT2D eigenvalue weighted by Gasteiger charge is 2.33. The van der Waals surface area contributed by atoms with E-state index in [2.05, 4.69) is 0 Å². The van der Waals surface area contributed by atoms with Gasteiger partial charge in [0.15, 0.2) is 17.6 Å². The Bertz CT molecular complexity index is 788. The third kappa shape index (κ3) is 2.70. The standard InChI is InChI=1S/C18H16FNO3/c1-11(21)14-7-5-9-16-17(14)23-12(2)18(22)20(16)10-13-6-3-4-8-15(13)19/h3-9,12H,10H2,1-2H3. The fourth-order valence-electron chi connectivity index (χ4n) is 2.66. The van der Waals surface area contributed by atoms with Gasteiger partial charge in [0, 0.05) is 5.56 Å². The van der Waals surface area contributed by atoms with Crippen LogP contribution < -0.4 is 9.64 Å². The van der Waals surface area contributed by atoms with Crippen LogP contribution in [0, 0.1) is 5.82 Å². The smallest absolute Gasteiger partial charge is 0.268 e. The van der Waals surface area contributed by atoms with Gasteiger partial charge in [-0.05, 0) is 32.0 Å². The van der Waals surface area contributed by atoms with Crippen molar-refractivity contribution in [2.24, 2.45) is 0 Å². The number of rotatable bonds is 3. The lowest BCUT2D eigenvalue weighted by Crippen LogP contribution is -2.44. The Morgan fingerprint density at radius 1 is 1.22 bits per heavy atom.